The zero-order valence-electron chi connectivity index (χ0n) is 9.87. The van der Waals surface area contributed by atoms with Crippen LogP contribution in [0.2, 0.25) is 0 Å². The van der Waals surface area contributed by atoms with E-state index in [2.05, 4.69) is 29.4 Å². The van der Waals surface area contributed by atoms with E-state index < -0.39 is 5.54 Å². The van der Waals surface area contributed by atoms with Gasteiger partial charge < -0.3 is 5.32 Å². The van der Waals surface area contributed by atoms with Gasteiger partial charge in [-0.3, -0.25) is 9.79 Å². The van der Waals surface area contributed by atoms with Crippen LogP contribution in [0.3, 0.4) is 0 Å². The van der Waals surface area contributed by atoms with Gasteiger partial charge in [-0.25, -0.2) is 0 Å². The molecule has 0 radical (unpaired) electrons. The Bertz CT molecular complexity index is 444. The van der Waals surface area contributed by atoms with E-state index in [1.165, 1.54) is 5.56 Å². The van der Waals surface area contributed by atoms with Crippen molar-refractivity contribution in [1.82, 2.24) is 5.32 Å². The summed E-state index contributed by atoms with van der Waals surface area (Å²) in [6.07, 6.45) is 1.02. The van der Waals surface area contributed by atoms with Crippen LogP contribution < -0.4 is 5.32 Å². The Morgan fingerprint density at radius 3 is 2.31 bits per heavy atom. The monoisotopic (exact) mass is 216 g/mol. The van der Waals surface area contributed by atoms with E-state index in [0.717, 1.165) is 12.0 Å². The Morgan fingerprint density at radius 2 is 1.88 bits per heavy atom. The molecule has 0 bridgehead atoms. The molecule has 0 unspecified atom stereocenters. The van der Waals surface area contributed by atoms with Gasteiger partial charge in [0.15, 0.2) is 0 Å². The molecule has 0 aliphatic carbocycles. The molecule has 1 aromatic rings. The SMILES string of the molecule is CCc1ccc(C2=NC(C)(C)C(=O)N2)cc1. The van der Waals surface area contributed by atoms with Crippen LogP contribution in [0.5, 0.6) is 0 Å². The number of hydrogen-bond acceptors (Lipinski definition) is 2. The molecule has 0 saturated carbocycles. The highest BCUT2D eigenvalue weighted by Gasteiger charge is 2.34. The van der Waals surface area contributed by atoms with Crippen molar-refractivity contribution in [2.24, 2.45) is 4.99 Å². The van der Waals surface area contributed by atoms with E-state index in [-0.39, 0.29) is 5.91 Å². The van der Waals surface area contributed by atoms with Gasteiger partial charge in [-0.2, -0.15) is 0 Å². The number of amides is 1. The third-order valence-corrected chi connectivity index (χ3v) is 2.81. The summed E-state index contributed by atoms with van der Waals surface area (Å²) in [6, 6.07) is 8.13. The third-order valence-electron chi connectivity index (χ3n) is 2.81. The van der Waals surface area contributed by atoms with Crippen LogP contribution in [-0.4, -0.2) is 17.3 Å². The van der Waals surface area contributed by atoms with Crippen molar-refractivity contribution in [2.45, 2.75) is 32.7 Å². The fourth-order valence-corrected chi connectivity index (χ4v) is 1.65. The topological polar surface area (TPSA) is 41.5 Å². The molecule has 3 nitrogen and oxygen atoms in total. The number of aliphatic imine (C=N–C) groups is 1. The highest BCUT2D eigenvalue weighted by Crippen LogP contribution is 2.18. The number of nitrogens with zero attached hydrogens (tertiary/aromatic N) is 1. The highest BCUT2D eigenvalue weighted by molar-refractivity contribution is 6.15. The summed E-state index contributed by atoms with van der Waals surface area (Å²) in [6.45, 7) is 5.75. The minimum atomic E-state index is -0.640. The maximum absolute atomic E-state index is 11.6. The van der Waals surface area contributed by atoms with E-state index in [1.807, 2.05) is 26.0 Å². The summed E-state index contributed by atoms with van der Waals surface area (Å²) in [4.78, 5) is 16.0. The van der Waals surface area contributed by atoms with Crippen molar-refractivity contribution >= 4 is 11.7 Å². The molecule has 0 spiro atoms. The van der Waals surface area contributed by atoms with Gasteiger partial charge in [0.2, 0.25) is 0 Å². The largest absolute Gasteiger partial charge is 0.308 e. The standard InChI is InChI=1S/C13H16N2O/c1-4-9-5-7-10(8-6-9)11-14-12(16)13(2,3)15-11/h5-8H,4H2,1-3H3,(H,14,15,16). The van der Waals surface area contributed by atoms with Crippen molar-refractivity contribution in [3.05, 3.63) is 35.4 Å². The number of carbonyl (C=O) groups is 1. The second kappa shape index (κ2) is 3.74. The maximum Gasteiger partial charge on any atom is 0.252 e. The molecule has 84 valence electrons. The molecule has 0 saturated heterocycles. The molecule has 0 aromatic heterocycles. The van der Waals surface area contributed by atoms with Crippen molar-refractivity contribution in [3.8, 4) is 0 Å². The van der Waals surface area contributed by atoms with Gasteiger partial charge in [-0.1, -0.05) is 31.2 Å². The van der Waals surface area contributed by atoms with Gasteiger partial charge >= 0.3 is 0 Å². The predicted octanol–water partition coefficient (Wildman–Crippen LogP) is 1.90. The lowest BCUT2D eigenvalue weighted by atomic mass is 10.1. The minimum absolute atomic E-state index is 0.0398. The van der Waals surface area contributed by atoms with E-state index >= 15 is 0 Å². The molecule has 2 rings (SSSR count). The van der Waals surface area contributed by atoms with Crippen molar-refractivity contribution < 1.29 is 4.79 Å². The molecule has 3 heteroatoms. The Balaban J connectivity index is 2.29. The summed E-state index contributed by atoms with van der Waals surface area (Å²) in [7, 11) is 0. The maximum atomic E-state index is 11.6. The molecule has 16 heavy (non-hydrogen) atoms. The molecule has 1 N–H and O–H groups in total. The first kappa shape index (κ1) is 10.9. The summed E-state index contributed by atoms with van der Waals surface area (Å²) in [5.41, 5.74) is 1.61. The fourth-order valence-electron chi connectivity index (χ4n) is 1.65. The van der Waals surface area contributed by atoms with Gasteiger partial charge in [0, 0.05) is 5.56 Å². The Hall–Kier alpha value is -1.64. The van der Waals surface area contributed by atoms with E-state index in [1.54, 1.807) is 0 Å². The second-order valence-electron chi connectivity index (χ2n) is 4.52. The van der Waals surface area contributed by atoms with Crippen LogP contribution in [0.4, 0.5) is 0 Å². The van der Waals surface area contributed by atoms with Gasteiger partial charge in [-0.15, -0.1) is 0 Å². The van der Waals surface area contributed by atoms with Crippen molar-refractivity contribution in [1.29, 1.82) is 0 Å². The number of rotatable bonds is 2. The van der Waals surface area contributed by atoms with Crippen LogP contribution in [0.25, 0.3) is 0 Å². The lowest BCUT2D eigenvalue weighted by Gasteiger charge is -2.07. The molecule has 1 aliphatic rings. The van der Waals surface area contributed by atoms with Gasteiger partial charge in [0.1, 0.15) is 11.4 Å². The lowest BCUT2D eigenvalue weighted by Crippen LogP contribution is -2.34. The normalized spacial score (nSPS) is 18.2. The molecule has 1 aliphatic heterocycles. The van der Waals surface area contributed by atoms with Crippen molar-refractivity contribution in [3.63, 3.8) is 0 Å². The average molecular weight is 216 g/mol. The summed E-state index contributed by atoms with van der Waals surface area (Å²) in [5, 5.41) is 2.81. The molecule has 1 amide bonds. The molecule has 1 heterocycles. The molecular weight excluding hydrogens is 200 g/mol. The smallest absolute Gasteiger partial charge is 0.252 e. The van der Waals surface area contributed by atoms with Gasteiger partial charge in [-0.05, 0) is 25.8 Å². The van der Waals surface area contributed by atoms with Crippen molar-refractivity contribution in [2.75, 3.05) is 0 Å². The average Bonchev–Trinajstić information content (AvgIpc) is 2.54. The van der Waals surface area contributed by atoms with E-state index in [9.17, 15) is 4.79 Å². The Kier molecular flexibility index (Phi) is 2.54. The molecule has 1 aromatic carbocycles. The number of hydrogen-bond donors (Lipinski definition) is 1. The predicted molar refractivity (Wildman–Crippen MR) is 64.6 cm³/mol. The summed E-state index contributed by atoms with van der Waals surface area (Å²) in [5.74, 6) is 0.639. The van der Waals surface area contributed by atoms with Gasteiger partial charge in [0.05, 0.1) is 0 Å². The van der Waals surface area contributed by atoms with E-state index in [0.29, 0.717) is 5.84 Å². The first-order valence-corrected chi connectivity index (χ1v) is 5.53. The minimum Gasteiger partial charge on any atom is -0.308 e. The van der Waals surface area contributed by atoms with E-state index in [4.69, 9.17) is 0 Å². The number of nitrogens with one attached hydrogen (secondary N) is 1. The zero-order chi connectivity index (χ0) is 11.8. The fraction of sp³-hybridized carbons (Fsp3) is 0.385. The van der Waals surface area contributed by atoms with Crippen LogP contribution >= 0.6 is 0 Å². The van der Waals surface area contributed by atoms with Gasteiger partial charge in [0.25, 0.3) is 5.91 Å². The number of carbonyl (C=O) groups excluding carboxylic acids is 1. The van der Waals surface area contributed by atoms with Crippen LogP contribution in [-0.2, 0) is 11.2 Å². The highest BCUT2D eigenvalue weighted by atomic mass is 16.2. The zero-order valence-corrected chi connectivity index (χ0v) is 9.87. The quantitative estimate of drug-likeness (QED) is 0.806. The third kappa shape index (κ3) is 1.85. The Labute approximate surface area is 95.6 Å². The van der Waals surface area contributed by atoms with Crippen LogP contribution in [0, 0.1) is 0 Å². The Morgan fingerprint density at radius 1 is 1.25 bits per heavy atom. The molecule has 0 atom stereocenters. The van der Waals surface area contributed by atoms with Crippen LogP contribution in [0.1, 0.15) is 31.9 Å². The first-order chi connectivity index (χ1) is 7.53. The molecular formula is C13H16N2O. The number of aryl methyl sites for hydroxylation is 1. The first-order valence-electron chi connectivity index (χ1n) is 5.53. The van der Waals surface area contributed by atoms with Crippen LogP contribution in [0.15, 0.2) is 29.3 Å². The summed E-state index contributed by atoms with van der Waals surface area (Å²) >= 11 is 0. The lowest BCUT2D eigenvalue weighted by molar-refractivity contribution is -0.122. The second-order valence-corrected chi connectivity index (χ2v) is 4.52. The summed E-state index contributed by atoms with van der Waals surface area (Å²) < 4.78 is 0. The number of benzene rings is 1. The number of amidine groups is 1. The molecule has 0 fully saturated rings.